The Morgan fingerprint density at radius 1 is 1.23 bits per heavy atom. The lowest BCUT2D eigenvalue weighted by molar-refractivity contribution is -0.186. The molecule has 9 heteroatoms. The van der Waals surface area contributed by atoms with Crippen LogP contribution in [-0.4, -0.2) is 54.9 Å². The Labute approximate surface area is 147 Å². The molecule has 0 N–H and O–H groups in total. The number of Topliss-reactive ketones (excluding diaryl/α,β-unsaturated/α-hetero) is 1. The summed E-state index contributed by atoms with van der Waals surface area (Å²) in [5.74, 6) is -2.35. The van der Waals surface area contributed by atoms with Crippen LogP contribution < -0.4 is 9.64 Å². The smallest absolute Gasteiger partial charge is 0.471 e. The summed E-state index contributed by atoms with van der Waals surface area (Å²) in [6, 6.07) is 3.44. The molecule has 1 unspecified atom stereocenters. The summed E-state index contributed by atoms with van der Waals surface area (Å²) in [7, 11) is 1.43. The number of methoxy groups -OCH3 is 1. The maximum absolute atomic E-state index is 12.9. The van der Waals surface area contributed by atoms with E-state index < -0.39 is 24.0 Å². The molecule has 0 spiro atoms. The molecule has 0 aliphatic carbocycles. The second-order valence-corrected chi connectivity index (χ2v) is 6.20. The molecular weight excluding hydrogens is 353 g/mol. The SMILES string of the molecule is COc1ccc2c(c1)N(C(=O)C1CCCN1C(=O)C(F)(F)F)CCC2=O. The molecule has 1 saturated heterocycles. The molecule has 0 bridgehead atoms. The van der Waals surface area contributed by atoms with E-state index in [-0.39, 0.29) is 31.7 Å². The molecule has 0 radical (unpaired) electrons. The molecule has 1 atom stereocenters. The minimum absolute atomic E-state index is 0.0579. The van der Waals surface area contributed by atoms with E-state index in [1.165, 1.54) is 24.1 Å². The average Bonchev–Trinajstić information content (AvgIpc) is 3.09. The second kappa shape index (κ2) is 6.62. The Balaban J connectivity index is 1.92. The van der Waals surface area contributed by atoms with Gasteiger partial charge in [0.25, 0.3) is 0 Å². The number of alkyl halides is 3. The Hall–Kier alpha value is -2.58. The third kappa shape index (κ3) is 3.13. The number of ether oxygens (including phenoxy) is 1. The first-order chi connectivity index (χ1) is 12.2. The van der Waals surface area contributed by atoms with Gasteiger partial charge in [0.2, 0.25) is 5.91 Å². The van der Waals surface area contributed by atoms with E-state index in [1.54, 1.807) is 6.07 Å². The molecule has 6 nitrogen and oxygen atoms in total. The summed E-state index contributed by atoms with van der Waals surface area (Å²) >= 11 is 0. The van der Waals surface area contributed by atoms with Gasteiger partial charge >= 0.3 is 12.1 Å². The molecule has 2 aliphatic heterocycles. The molecule has 2 amide bonds. The largest absolute Gasteiger partial charge is 0.497 e. The number of carbonyl (C=O) groups is 3. The van der Waals surface area contributed by atoms with Crippen molar-refractivity contribution in [2.45, 2.75) is 31.5 Å². The zero-order valence-electron chi connectivity index (χ0n) is 14.0. The summed E-state index contributed by atoms with van der Waals surface area (Å²) < 4.78 is 43.5. The van der Waals surface area contributed by atoms with Gasteiger partial charge in [0.15, 0.2) is 5.78 Å². The quantitative estimate of drug-likeness (QED) is 0.800. The number of carbonyl (C=O) groups excluding carboxylic acids is 3. The molecule has 0 aromatic heterocycles. The second-order valence-electron chi connectivity index (χ2n) is 6.20. The van der Waals surface area contributed by atoms with Gasteiger partial charge < -0.3 is 14.5 Å². The van der Waals surface area contributed by atoms with Crippen molar-refractivity contribution in [3.63, 3.8) is 0 Å². The van der Waals surface area contributed by atoms with E-state index in [1.807, 2.05) is 0 Å². The highest BCUT2D eigenvalue weighted by Crippen LogP contribution is 2.34. The summed E-state index contributed by atoms with van der Waals surface area (Å²) in [5.41, 5.74) is 0.619. The van der Waals surface area contributed by atoms with E-state index in [4.69, 9.17) is 4.74 Å². The molecule has 140 valence electrons. The number of likely N-dealkylation sites (tertiary alicyclic amines) is 1. The molecule has 1 fully saturated rings. The molecule has 0 saturated carbocycles. The fourth-order valence-corrected chi connectivity index (χ4v) is 3.40. The summed E-state index contributed by atoms with van der Waals surface area (Å²) in [5, 5.41) is 0. The fourth-order valence-electron chi connectivity index (χ4n) is 3.40. The van der Waals surface area contributed by atoms with Crippen molar-refractivity contribution in [2.24, 2.45) is 0 Å². The van der Waals surface area contributed by atoms with Gasteiger partial charge in [-0.25, -0.2) is 0 Å². The normalized spacial score (nSPS) is 20.2. The lowest BCUT2D eigenvalue weighted by Crippen LogP contribution is -2.52. The van der Waals surface area contributed by atoms with Crippen molar-refractivity contribution in [3.05, 3.63) is 23.8 Å². The van der Waals surface area contributed by atoms with Crippen LogP contribution in [0.4, 0.5) is 18.9 Å². The van der Waals surface area contributed by atoms with Crippen LogP contribution in [0.2, 0.25) is 0 Å². The van der Waals surface area contributed by atoms with Crippen molar-refractivity contribution >= 4 is 23.3 Å². The van der Waals surface area contributed by atoms with Gasteiger partial charge in [0, 0.05) is 31.1 Å². The zero-order chi connectivity index (χ0) is 19.1. The lowest BCUT2D eigenvalue weighted by atomic mass is 9.99. The molecule has 2 heterocycles. The van der Waals surface area contributed by atoms with E-state index in [9.17, 15) is 27.6 Å². The topological polar surface area (TPSA) is 66.9 Å². The van der Waals surface area contributed by atoms with E-state index in [2.05, 4.69) is 0 Å². The molecule has 2 aliphatic rings. The number of benzene rings is 1. The Bertz CT molecular complexity index is 763. The van der Waals surface area contributed by atoms with Crippen LogP contribution in [-0.2, 0) is 9.59 Å². The van der Waals surface area contributed by atoms with E-state index >= 15 is 0 Å². The maximum Gasteiger partial charge on any atom is 0.471 e. The number of rotatable bonds is 2. The number of halogens is 3. The molecule has 3 rings (SSSR count). The number of amides is 2. The van der Waals surface area contributed by atoms with Crippen LogP contribution >= 0.6 is 0 Å². The fraction of sp³-hybridized carbons (Fsp3) is 0.471. The minimum Gasteiger partial charge on any atom is -0.497 e. The van der Waals surface area contributed by atoms with E-state index in [0.29, 0.717) is 28.3 Å². The predicted octanol–water partition coefficient (Wildman–Crippen LogP) is 2.17. The highest BCUT2D eigenvalue weighted by atomic mass is 19.4. The van der Waals surface area contributed by atoms with Crippen LogP contribution in [0.3, 0.4) is 0 Å². The third-order valence-electron chi connectivity index (χ3n) is 4.67. The van der Waals surface area contributed by atoms with Crippen molar-refractivity contribution < 1.29 is 32.3 Å². The number of hydrogen-bond donors (Lipinski definition) is 0. The van der Waals surface area contributed by atoms with Crippen LogP contribution in [0.1, 0.15) is 29.6 Å². The standard InChI is InChI=1S/C17H17F3N2O4/c1-26-10-4-5-11-13(9-10)21(8-6-14(11)23)15(24)12-3-2-7-22(12)16(25)17(18,19)20/h4-5,9,12H,2-3,6-8H2,1H3. The first-order valence-electron chi connectivity index (χ1n) is 8.14. The first kappa shape index (κ1) is 18.2. The van der Waals surface area contributed by atoms with Crippen molar-refractivity contribution in [1.82, 2.24) is 4.90 Å². The Morgan fingerprint density at radius 3 is 2.62 bits per heavy atom. The number of hydrogen-bond acceptors (Lipinski definition) is 4. The minimum atomic E-state index is -5.03. The van der Waals surface area contributed by atoms with E-state index in [0.717, 1.165) is 0 Å². The lowest BCUT2D eigenvalue weighted by Gasteiger charge is -2.33. The van der Waals surface area contributed by atoms with Crippen molar-refractivity contribution in [2.75, 3.05) is 25.1 Å². The summed E-state index contributed by atoms with van der Waals surface area (Å²) in [4.78, 5) is 38.5. The number of nitrogens with zero attached hydrogens (tertiary/aromatic N) is 2. The van der Waals surface area contributed by atoms with Gasteiger partial charge in [-0.15, -0.1) is 0 Å². The predicted molar refractivity (Wildman–Crippen MR) is 85.1 cm³/mol. The zero-order valence-corrected chi connectivity index (χ0v) is 14.0. The maximum atomic E-state index is 12.9. The Morgan fingerprint density at radius 2 is 1.96 bits per heavy atom. The number of anilines is 1. The number of ketones is 1. The van der Waals surface area contributed by atoms with Gasteiger partial charge in [-0.1, -0.05) is 0 Å². The van der Waals surface area contributed by atoms with Crippen LogP contribution in [0.5, 0.6) is 5.75 Å². The first-order valence-corrected chi connectivity index (χ1v) is 8.14. The van der Waals surface area contributed by atoms with Gasteiger partial charge in [0.1, 0.15) is 11.8 Å². The van der Waals surface area contributed by atoms with Crippen molar-refractivity contribution in [1.29, 1.82) is 0 Å². The molecular formula is C17H17F3N2O4. The summed E-state index contributed by atoms with van der Waals surface area (Å²) in [6.45, 7) is -0.0606. The van der Waals surface area contributed by atoms with Crippen LogP contribution in [0.15, 0.2) is 18.2 Å². The third-order valence-corrected chi connectivity index (χ3v) is 4.67. The molecule has 1 aromatic rings. The van der Waals surface area contributed by atoms with Gasteiger partial charge in [-0.2, -0.15) is 13.2 Å². The monoisotopic (exact) mass is 370 g/mol. The highest BCUT2D eigenvalue weighted by molar-refractivity contribution is 6.10. The van der Waals surface area contributed by atoms with Crippen LogP contribution in [0, 0.1) is 0 Å². The summed E-state index contributed by atoms with van der Waals surface area (Å²) in [6.07, 6.45) is -4.48. The van der Waals surface area contributed by atoms with Gasteiger partial charge in [-0.05, 0) is 25.0 Å². The number of fused-ring (bicyclic) bond motifs is 1. The molecule has 26 heavy (non-hydrogen) atoms. The van der Waals surface area contributed by atoms with Crippen LogP contribution in [0.25, 0.3) is 0 Å². The Kier molecular flexibility index (Phi) is 4.64. The van der Waals surface area contributed by atoms with Gasteiger partial charge in [-0.3, -0.25) is 14.4 Å². The highest BCUT2D eigenvalue weighted by Gasteiger charge is 2.48. The van der Waals surface area contributed by atoms with Gasteiger partial charge in [0.05, 0.1) is 12.8 Å². The molecule has 1 aromatic carbocycles. The van der Waals surface area contributed by atoms with Crippen molar-refractivity contribution in [3.8, 4) is 5.75 Å². The average molecular weight is 370 g/mol.